The van der Waals surface area contributed by atoms with Crippen molar-refractivity contribution < 1.29 is 18.3 Å². The number of thioether (sulfide) groups is 1. The summed E-state index contributed by atoms with van der Waals surface area (Å²) in [4.78, 5) is 0.151. The fraction of sp³-hybridized carbons (Fsp3) is 0.500. The Balaban J connectivity index is 2.68. The lowest BCUT2D eigenvalue weighted by Crippen LogP contribution is -2.24. The molecule has 6 heteroatoms. The van der Waals surface area contributed by atoms with E-state index in [-0.39, 0.29) is 29.3 Å². The summed E-state index contributed by atoms with van der Waals surface area (Å²) in [6.45, 7) is 2.68. The zero-order chi connectivity index (χ0) is 13.6. The zero-order valence-corrected chi connectivity index (χ0v) is 10.8. The number of nitrogens with one attached hydrogen (secondary N) is 1. The Kier molecular flexibility index (Phi) is 5.98. The molecule has 1 aromatic rings. The van der Waals surface area contributed by atoms with E-state index in [1.165, 1.54) is 12.1 Å². The Morgan fingerprint density at radius 2 is 1.89 bits per heavy atom. The van der Waals surface area contributed by atoms with Crippen LogP contribution in [0.4, 0.5) is 13.2 Å². The highest BCUT2D eigenvalue weighted by Crippen LogP contribution is 2.36. The summed E-state index contributed by atoms with van der Waals surface area (Å²) in [5.74, 6) is 0. The van der Waals surface area contributed by atoms with E-state index in [2.05, 4.69) is 5.32 Å². The van der Waals surface area contributed by atoms with E-state index in [4.69, 9.17) is 0 Å². The molecule has 1 aromatic carbocycles. The van der Waals surface area contributed by atoms with Crippen molar-refractivity contribution in [3.63, 3.8) is 0 Å². The van der Waals surface area contributed by atoms with E-state index in [9.17, 15) is 18.3 Å². The highest BCUT2D eigenvalue weighted by atomic mass is 32.2. The molecule has 0 aliphatic rings. The molecule has 0 amide bonds. The smallest absolute Gasteiger partial charge is 0.394 e. The molecule has 0 bridgehead atoms. The van der Waals surface area contributed by atoms with Gasteiger partial charge in [0.25, 0.3) is 0 Å². The normalized spacial score (nSPS) is 13.6. The summed E-state index contributed by atoms with van der Waals surface area (Å²) in [6, 6.07) is 5.83. The molecule has 0 aliphatic carbocycles. The highest BCUT2D eigenvalue weighted by Gasteiger charge is 2.29. The molecular weight excluding hydrogens is 263 g/mol. The number of aliphatic hydroxyl groups is 1. The first kappa shape index (κ1) is 15.3. The van der Waals surface area contributed by atoms with Crippen LogP contribution in [0, 0.1) is 0 Å². The van der Waals surface area contributed by atoms with Crippen LogP contribution in [0.3, 0.4) is 0 Å². The van der Waals surface area contributed by atoms with Crippen LogP contribution in [0.2, 0.25) is 0 Å². The van der Waals surface area contributed by atoms with Crippen LogP contribution < -0.4 is 5.32 Å². The number of alkyl halides is 3. The molecule has 0 heterocycles. The summed E-state index contributed by atoms with van der Waals surface area (Å²) in [6.07, 6.45) is 0.929. The van der Waals surface area contributed by atoms with Gasteiger partial charge in [-0.05, 0) is 42.4 Å². The van der Waals surface area contributed by atoms with Crippen molar-refractivity contribution in [3.05, 3.63) is 29.8 Å². The number of rotatable bonds is 6. The van der Waals surface area contributed by atoms with Crippen molar-refractivity contribution in [1.29, 1.82) is 0 Å². The van der Waals surface area contributed by atoms with Gasteiger partial charge in [0, 0.05) is 4.90 Å². The zero-order valence-electron chi connectivity index (χ0n) is 10.00. The highest BCUT2D eigenvalue weighted by molar-refractivity contribution is 8.00. The number of halogens is 3. The summed E-state index contributed by atoms with van der Waals surface area (Å²) in [5, 5.41) is 12.3. The van der Waals surface area contributed by atoms with Crippen molar-refractivity contribution in [2.24, 2.45) is 0 Å². The Morgan fingerprint density at radius 3 is 2.33 bits per heavy atom. The molecule has 2 N–H and O–H groups in total. The quantitative estimate of drug-likeness (QED) is 0.783. The van der Waals surface area contributed by atoms with Crippen molar-refractivity contribution in [2.45, 2.75) is 29.8 Å². The average Bonchev–Trinajstić information content (AvgIpc) is 2.30. The summed E-state index contributed by atoms with van der Waals surface area (Å²) in [5.41, 5.74) is -3.48. The second-order valence-corrected chi connectivity index (χ2v) is 4.94. The lowest BCUT2D eigenvalue weighted by Gasteiger charge is -2.16. The molecule has 2 nitrogen and oxygen atoms in total. The third kappa shape index (κ3) is 5.29. The lowest BCUT2D eigenvalue weighted by atomic mass is 10.1. The minimum Gasteiger partial charge on any atom is -0.394 e. The Bertz CT molecular complexity index is 353. The van der Waals surface area contributed by atoms with Gasteiger partial charge in [0.2, 0.25) is 0 Å². The van der Waals surface area contributed by atoms with E-state index in [1.807, 2.05) is 6.92 Å². The molecule has 0 spiro atoms. The fourth-order valence-corrected chi connectivity index (χ4v) is 2.05. The first-order valence-electron chi connectivity index (χ1n) is 5.66. The number of hydrogen-bond acceptors (Lipinski definition) is 3. The van der Waals surface area contributed by atoms with Gasteiger partial charge in [0.05, 0.1) is 12.6 Å². The first-order valence-corrected chi connectivity index (χ1v) is 6.48. The maximum Gasteiger partial charge on any atom is 0.446 e. The molecule has 0 radical (unpaired) electrons. The average molecular weight is 279 g/mol. The second-order valence-electron chi connectivity index (χ2n) is 3.81. The minimum atomic E-state index is -4.27. The van der Waals surface area contributed by atoms with Gasteiger partial charge in [-0.1, -0.05) is 19.1 Å². The fourth-order valence-electron chi connectivity index (χ4n) is 1.51. The Morgan fingerprint density at radius 1 is 1.28 bits per heavy atom. The van der Waals surface area contributed by atoms with Crippen LogP contribution in [0.15, 0.2) is 29.2 Å². The van der Waals surface area contributed by atoms with Crippen molar-refractivity contribution >= 4 is 11.8 Å². The number of aliphatic hydroxyl groups excluding tert-OH is 1. The van der Waals surface area contributed by atoms with Crippen LogP contribution >= 0.6 is 11.8 Å². The van der Waals surface area contributed by atoms with Crippen molar-refractivity contribution in [3.8, 4) is 0 Å². The molecule has 102 valence electrons. The van der Waals surface area contributed by atoms with Gasteiger partial charge in [0.15, 0.2) is 0 Å². The maximum absolute atomic E-state index is 12.1. The molecule has 0 aromatic heterocycles. The first-order chi connectivity index (χ1) is 8.46. The molecule has 0 saturated heterocycles. The van der Waals surface area contributed by atoms with Crippen LogP contribution in [-0.4, -0.2) is 23.8 Å². The summed E-state index contributed by atoms with van der Waals surface area (Å²) >= 11 is -0.136. The van der Waals surface area contributed by atoms with Crippen LogP contribution in [0.5, 0.6) is 0 Å². The van der Waals surface area contributed by atoms with E-state index in [1.54, 1.807) is 12.1 Å². The Hall–Kier alpha value is -0.720. The van der Waals surface area contributed by atoms with E-state index < -0.39 is 5.51 Å². The van der Waals surface area contributed by atoms with Crippen molar-refractivity contribution in [2.75, 3.05) is 13.2 Å². The summed E-state index contributed by atoms with van der Waals surface area (Å²) in [7, 11) is 0. The van der Waals surface area contributed by atoms with E-state index in [0.717, 1.165) is 18.5 Å². The van der Waals surface area contributed by atoms with E-state index in [0.29, 0.717) is 0 Å². The van der Waals surface area contributed by atoms with Crippen LogP contribution in [0.25, 0.3) is 0 Å². The van der Waals surface area contributed by atoms with Gasteiger partial charge in [-0.25, -0.2) is 0 Å². The topological polar surface area (TPSA) is 32.3 Å². The number of hydrogen-bond donors (Lipinski definition) is 2. The molecular formula is C12H16F3NOS. The minimum absolute atomic E-state index is 0.0776. The molecule has 1 unspecified atom stereocenters. The molecule has 1 rings (SSSR count). The lowest BCUT2D eigenvalue weighted by molar-refractivity contribution is -0.0328. The molecule has 18 heavy (non-hydrogen) atoms. The van der Waals surface area contributed by atoms with Gasteiger partial charge in [-0.3, -0.25) is 0 Å². The molecule has 1 atom stereocenters. The van der Waals surface area contributed by atoms with E-state index >= 15 is 0 Å². The van der Waals surface area contributed by atoms with Gasteiger partial charge >= 0.3 is 5.51 Å². The molecule has 0 fully saturated rings. The number of benzene rings is 1. The van der Waals surface area contributed by atoms with Gasteiger partial charge in [0.1, 0.15) is 0 Å². The van der Waals surface area contributed by atoms with Gasteiger partial charge < -0.3 is 10.4 Å². The monoisotopic (exact) mass is 279 g/mol. The molecule has 0 aliphatic heterocycles. The standard InChI is InChI=1S/C12H16F3NOS/c1-2-7-16-11(8-17)9-3-5-10(6-4-9)18-12(13,14)15/h3-6,11,16-17H,2,7-8H2,1H3. The maximum atomic E-state index is 12.1. The SMILES string of the molecule is CCCNC(CO)c1ccc(SC(F)(F)F)cc1. The predicted molar refractivity (Wildman–Crippen MR) is 66.5 cm³/mol. The third-order valence-electron chi connectivity index (χ3n) is 2.34. The molecule has 0 saturated carbocycles. The van der Waals surface area contributed by atoms with Gasteiger partial charge in [-0.2, -0.15) is 13.2 Å². The Labute approximate surface area is 109 Å². The van der Waals surface area contributed by atoms with Crippen LogP contribution in [0.1, 0.15) is 24.9 Å². The second kappa shape index (κ2) is 7.01. The van der Waals surface area contributed by atoms with Crippen LogP contribution in [-0.2, 0) is 0 Å². The van der Waals surface area contributed by atoms with Crippen molar-refractivity contribution in [1.82, 2.24) is 5.32 Å². The van der Waals surface area contributed by atoms with Gasteiger partial charge in [-0.15, -0.1) is 0 Å². The predicted octanol–water partition coefficient (Wildman–Crippen LogP) is 3.33. The summed E-state index contributed by atoms with van der Waals surface area (Å²) < 4.78 is 36.4. The third-order valence-corrected chi connectivity index (χ3v) is 3.08. The largest absolute Gasteiger partial charge is 0.446 e.